The molecule has 2 heterocycles. The Hall–Kier alpha value is -3.55. The normalized spacial score (nSPS) is 24.9. The molecule has 3 fully saturated rings. The zero-order valence-corrected chi connectivity index (χ0v) is 32.9. The highest BCUT2D eigenvalue weighted by Crippen LogP contribution is 2.35. The van der Waals surface area contributed by atoms with Crippen molar-refractivity contribution in [2.24, 2.45) is 23.7 Å². The third kappa shape index (κ3) is 10.2. The molecule has 0 aromatic heterocycles. The molecule has 1 aliphatic carbocycles. The molecule has 1 aromatic rings. The van der Waals surface area contributed by atoms with Crippen molar-refractivity contribution < 1.29 is 38.6 Å². The van der Waals surface area contributed by atoms with E-state index in [1.54, 1.807) is 30.9 Å². The number of nitrogens with zero attached hydrogens (tertiary/aromatic N) is 2. The van der Waals surface area contributed by atoms with Crippen LogP contribution in [0.25, 0.3) is 0 Å². The molecule has 2 aliphatic heterocycles. The van der Waals surface area contributed by atoms with Crippen LogP contribution in [-0.2, 0) is 39.9 Å². The van der Waals surface area contributed by atoms with Crippen molar-refractivity contribution in [3.8, 4) is 0 Å². The third-order valence-corrected chi connectivity index (χ3v) is 12.0. The van der Waals surface area contributed by atoms with Crippen LogP contribution in [0.4, 0.5) is 0 Å². The summed E-state index contributed by atoms with van der Waals surface area (Å²) in [6.07, 6.45) is 3.98. The van der Waals surface area contributed by atoms with Gasteiger partial charge in [-0.1, -0.05) is 71.4 Å². The van der Waals surface area contributed by atoms with Gasteiger partial charge < -0.3 is 40.3 Å². The minimum atomic E-state index is -1.13. The Bertz CT molecular complexity index is 1410. The number of hydrogen-bond donors (Lipinski definition) is 4. The number of ether oxygens (including phenoxy) is 2. The standard InChI is InChI=1S/C40H63N5O8/c1-9-24(4)35(44(6)39(49)33(23(2)3)43-38(48)34-27-17-18-28(21-27)41-34)31(52-7)22-32(46)45-19-13-16-30(45)36(53-8)25(5)37(47)42-29(40(50)51)20-26-14-11-10-12-15-26/h10-12,14-15,23-25,27-31,33-36,41H,9,13,16-22H2,1-8H3,(H,42,47)(H,43,48)(H,50,51)/t24-,25+,27-,28+,29?,30?,31+,33?,34-,35-,36+/m0/s1. The molecule has 4 rings (SSSR count). The molecule has 2 bridgehead atoms. The monoisotopic (exact) mass is 741 g/mol. The van der Waals surface area contributed by atoms with Crippen molar-refractivity contribution >= 4 is 29.6 Å². The number of methoxy groups -OCH3 is 2. The summed E-state index contributed by atoms with van der Waals surface area (Å²) >= 11 is 0. The van der Waals surface area contributed by atoms with Gasteiger partial charge in [-0.2, -0.15) is 0 Å². The van der Waals surface area contributed by atoms with E-state index < -0.39 is 54.2 Å². The molecule has 11 atom stereocenters. The maximum atomic E-state index is 14.2. The average Bonchev–Trinajstić information content (AvgIpc) is 3.92. The molecule has 1 saturated carbocycles. The van der Waals surface area contributed by atoms with Gasteiger partial charge >= 0.3 is 5.97 Å². The van der Waals surface area contributed by atoms with Gasteiger partial charge in [0.1, 0.15) is 12.1 Å². The van der Waals surface area contributed by atoms with Gasteiger partial charge in [0.25, 0.3) is 0 Å². The fourth-order valence-corrected chi connectivity index (χ4v) is 8.79. The predicted octanol–water partition coefficient (Wildman–Crippen LogP) is 3.00. The van der Waals surface area contributed by atoms with Crippen molar-refractivity contribution in [1.29, 1.82) is 0 Å². The van der Waals surface area contributed by atoms with E-state index in [2.05, 4.69) is 16.0 Å². The first kappa shape index (κ1) is 42.2. The average molecular weight is 742 g/mol. The van der Waals surface area contributed by atoms with Crippen LogP contribution in [0.15, 0.2) is 30.3 Å². The summed E-state index contributed by atoms with van der Waals surface area (Å²) in [5.41, 5.74) is 0.789. The number of carboxylic acids is 1. The molecule has 0 radical (unpaired) electrons. The first-order valence-electron chi connectivity index (χ1n) is 19.5. The highest BCUT2D eigenvalue weighted by atomic mass is 16.5. The van der Waals surface area contributed by atoms with Gasteiger partial charge in [0.15, 0.2) is 0 Å². The van der Waals surface area contributed by atoms with E-state index >= 15 is 0 Å². The summed E-state index contributed by atoms with van der Waals surface area (Å²) in [7, 11) is 4.78. The summed E-state index contributed by atoms with van der Waals surface area (Å²) in [5, 5.41) is 19.1. The van der Waals surface area contributed by atoms with Crippen molar-refractivity contribution in [2.45, 2.75) is 134 Å². The first-order valence-corrected chi connectivity index (χ1v) is 19.5. The molecule has 13 heteroatoms. The fraction of sp³-hybridized carbons (Fsp3) is 0.725. The van der Waals surface area contributed by atoms with E-state index in [0.717, 1.165) is 31.2 Å². The lowest BCUT2D eigenvalue weighted by molar-refractivity contribution is -0.148. The summed E-state index contributed by atoms with van der Waals surface area (Å²) in [4.78, 5) is 70.7. The number of piperidine rings is 1. The SMILES string of the molecule is CC[C@H](C)[C@@H]([C@@H](CC(=O)N1CCCC1[C@H](OC)[C@@H](C)C(=O)NC(Cc1ccccc1)C(=O)O)OC)N(C)C(=O)C(NC(=O)[C@H]1N[C@@H]2CC[C@H]1C2)C(C)C. The summed E-state index contributed by atoms with van der Waals surface area (Å²) in [5.74, 6) is -2.77. The Labute approximate surface area is 315 Å². The molecular formula is C40H63N5O8. The van der Waals surface area contributed by atoms with E-state index in [4.69, 9.17) is 9.47 Å². The lowest BCUT2D eigenvalue weighted by Gasteiger charge is -2.41. The van der Waals surface area contributed by atoms with E-state index in [1.165, 1.54) is 7.11 Å². The van der Waals surface area contributed by atoms with Crippen molar-refractivity contribution in [3.63, 3.8) is 0 Å². The second-order valence-electron chi connectivity index (χ2n) is 15.8. The molecule has 13 nitrogen and oxygen atoms in total. The number of likely N-dealkylation sites (tertiary alicyclic amines) is 1. The number of fused-ring (bicyclic) bond motifs is 2. The van der Waals surface area contributed by atoms with E-state index in [9.17, 15) is 29.1 Å². The second-order valence-corrected chi connectivity index (χ2v) is 15.8. The fourth-order valence-electron chi connectivity index (χ4n) is 8.79. The molecule has 4 amide bonds. The number of nitrogens with one attached hydrogen (secondary N) is 3. The molecule has 4 N–H and O–H groups in total. The van der Waals surface area contributed by atoms with E-state index in [1.807, 2.05) is 58.0 Å². The number of carbonyl (C=O) groups is 5. The number of benzene rings is 1. The number of carbonyl (C=O) groups excluding carboxylic acids is 4. The molecule has 3 unspecified atom stereocenters. The maximum Gasteiger partial charge on any atom is 0.326 e. The molecule has 0 spiro atoms. The number of aliphatic carboxylic acids is 1. The van der Waals surface area contributed by atoms with Crippen molar-refractivity contribution in [2.75, 3.05) is 27.8 Å². The lowest BCUT2D eigenvalue weighted by Crippen LogP contribution is -2.60. The van der Waals surface area contributed by atoms with Gasteiger partial charge in [0, 0.05) is 40.3 Å². The zero-order valence-electron chi connectivity index (χ0n) is 32.9. The van der Waals surface area contributed by atoms with Crippen molar-refractivity contribution in [3.05, 3.63) is 35.9 Å². The largest absolute Gasteiger partial charge is 0.480 e. The summed E-state index contributed by atoms with van der Waals surface area (Å²) < 4.78 is 11.9. The highest BCUT2D eigenvalue weighted by molar-refractivity contribution is 5.90. The van der Waals surface area contributed by atoms with Gasteiger partial charge in [-0.3, -0.25) is 19.2 Å². The van der Waals surface area contributed by atoms with E-state index in [0.29, 0.717) is 31.3 Å². The minimum Gasteiger partial charge on any atom is -0.480 e. The van der Waals surface area contributed by atoms with Gasteiger partial charge in [0.2, 0.25) is 23.6 Å². The molecule has 1 aromatic carbocycles. The third-order valence-electron chi connectivity index (χ3n) is 12.0. The Morgan fingerprint density at radius 1 is 1.00 bits per heavy atom. The molecular weight excluding hydrogens is 678 g/mol. The maximum absolute atomic E-state index is 14.2. The van der Waals surface area contributed by atoms with Crippen LogP contribution < -0.4 is 16.0 Å². The smallest absolute Gasteiger partial charge is 0.326 e. The summed E-state index contributed by atoms with van der Waals surface area (Å²) in [6, 6.07) is 6.47. The van der Waals surface area contributed by atoms with Crippen LogP contribution in [0.1, 0.15) is 85.1 Å². The number of hydrogen-bond acceptors (Lipinski definition) is 8. The number of rotatable bonds is 19. The second kappa shape index (κ2) is 19.2. The van der Waals surface area contributed by atoms with Crippen LogP contribution in [0, 0.1) is 23.7 Å². The van der Waals surface area contributed by atoms with Crippen LogP contribution in [0.2, 0.25) is 0 Å². The number of carboxylic acid groups (broad SMARTS) is 1. The number of likely N-dealkylation sites (N-methyl/N-ethyl adjacent to an activating group) is 1. The van der Waals surface area contributed by atoms with Gasteiger partial charge in [-0.05, 0) is 55.4 Å². The Balaban J connectivity index is 1.45. The van der Waals surface area contributed by atoms with Crippen molar-refractivity contribution in [1.82, 2.24) is 25.8 Å². The van der Waals surface area contributed by atoms with Gasteiger partial charge in [0.05, 0.1) is 42.7 Å². The quantitative estimate of drug-likeness (QED) is 0.167. The molecule has 2 saturated heterocycles. The minimum absolute atomic E-state index is 0.00255. The lowest BCUT2D eigenvalue weighted by atomic mass is 9.89. The Morgan fingerprint density at radius 3 is 2.25 bits per heavy atom. The Kier molecular flexibility index (Phi) is 15.3. The number of amides is 4. The Morgan fingerprint density at radius 2 is 1.70 bits per heavy atom. The summed E-state index contributed by atoms with van der Waals surface area (Å²) in [6.45, 7) is 10.1. The predicted molar refractivity (Wildman–Crippen MR) is 201 cm³/mol. The van der Waals surface area contributed by atoms with Crippen LogP contribution in [-0.4, -0.2) is 121 Å². The van der Waals surface area contributed by atoms with E-state index in [-0.39, 0.29) is 48.4 Å². The first-order chi connectivity index (χ1) is 25.2. The highest BCUT2D eigenvalue weighted by Gasteiger charge is 2.46. The van der Waals surface area contributed by atoms with Gasteiger partial charge in [-0.15, -0.1) is 0 Å². The zero-order chi connectivity index (χ0) is 39.0. The molecule has 53 heavy (non-hydrogen) atoms. The van der Waals surface area contributed by atoms with Gasteiger partial charge in [-0.25, -0.2) is 4.79 Å². The topological polar surface area (TPSA) is 167 Å². The van der Waals surface area contributed by atoms with Crippen LogP contribution >= 0.6 is 0 Å². The van der Waals surface area contributed by atoms with Crippen LogP contribution in [0.5, 0.6) is 0 Å². The molecule has 3 aliphatic rings. The van der Waals surface area contributed by atoms with Crippen LogP contribution in [0.3, 0.4) is 0 Å². The molecule has 296 valence electrons.